The molecule has 0 unspecified atom stereocenters. The summed E-state index contributed by atoms with van der Waals surface area (Å²) >= 11 is 0. The van der Waals surface area contributed by atoms with E-state index in [1.807, 2.05) is 88.4 Å². The fourth-order valence-corrected chi connectivity index (χ4v) is 3.26. The van der Waals surface area contributed by atoms with Crippen molar-refractivity contribution in [3.63, 3.8) is 0 Å². The lowest BCUT2D eigenvalue weighted by Gasteiger charge is -2.22. The second-order valence-electron chi connectivity index (χ2n) is 8.74. The van der Waals surface area contributed by atoms with Crippen LogP contribution < -0.4 is 10.1 Å². The zero-order chi connectivity index (χ0) is 23.7. The van der Waals surface area contributed by atoms with Gasteiger partial charge in [-0.2, -0.15) is 0 Å². The third kappa shape index (κ3) is 7.49. The van der Waals surface area contributed by atoms with E-state index in [1.54, 1.807) is 6.20 Å². The van der Waals surface area contributed by atoms with Gasteiger partial charge in [-0.05, 0) is 57.9 Å². The molecule has 1 N–H and O–H groups in total. The maximum absolute atomic E-state index is 13.2. The summed E-state index contributed by atoms with van der Waals surface area (Å²) < 4.78 is 11.9. The van der Waals surface area contributed by atoms with E-state index in [4.69, 9.17) is 14.5 Å². The minimum Gasteiger partial charge on any atom is -0.488 e. The van der Waals surface area contributed by atoms with Crippen molar-refractivity contribution in [3.05, 3.63) is 101 Å². The fraction of sp³-hybridized carbons (Fsp3) is 0.286. The molecule has 33 heavy (non-hydrogen) atoms. The minimum atomic E-state index is -0.641. The lowest BCUT2D eigenvalue weighted by Crippen LogP contribution is -2.25. The number of esters is 1. The first-order valence-electron chi connectivity index (χ1n) is 11.2. The van der Waals surface area contributed by atoms with Gasteiger partial charge in [0.1, 0.15) is 29.3 Å². The number of benzene rings is 2. The number of nitrogens with one attached hydrogen (secondary N) is 1. The van der Waals surface area contributed by atoms with Crippen molar-refractivity contribution in [3.8, 4) is 5.75 Å². The molecule has 1 heterocycles. The third-order valence-electron chi connectivity index (χ3n) is 4.78. The summed E-state index contributed by atoms with van der Waals surface area (Å²) in [5, 5.41) is 3.13. The first-order chi connectivity index (χ1) is 15.9. The van der Waals surface area contributed by atoms with Gasteiger partial charge in [0.25, 0.3) is 0 Å². The van der Waals surface area contributed by atoms with Gasteiger partial charge in [-0.3, -0.25) is 0 Å². The van der Waals surface area contributed by atoms with Crippen LogP contribution in [0.3, 0.4) is 0 Å². The van der Waals surface area contributed by atoms with Crippen molar-refractivity contribution in [2.75, 3.05) is 5.32 Å². The van der Waals surface area contributed by atoms with Gasteiger partial charge in [0.2, 0.25) is 0 Å². The number of hydrogen-bond acceptors (Lipinski definition) is 5. The van der Waals surface area contributed by atoms with Crippen LogP contribution in [-0.4, -0.2) is 16.6 Å². The molecule has 0 saturated heterocycles. The zero-order valence-corrected chi connectivity index (χ0v) is 19.8. The Morgan fingerprint density at radius 2 is 1.61 bits per heavy atom. The number of anilines is 1. The van der Waals surface area contributed by atoms with Crippen LogP contribution in [0.5, 0.6) is 5.75 Å². The molecule has 0 atom stereocenters. The van der Waals surface area contributed by atoms with Gasteiger partial charge >= 0.3 is 5.97 Å². The molecule has 3 aromatic rings. The summed E-state index contributed by atoms with van der Waals surface area (Å²) in [7, 11) is 0. The number of carbonyl (C=O) groups excluding carboxylic acids is 1. The molecule has 172 valence electrons. The van der Waals surface area contributed by atoms with Gasteiger partial charge in [0.15, 0.2) is 0 Å². The van der Waals surface area contributed by atoms with Crippen LogP contribution in [-0.2, 0) is 24.2 Å². The smallest absolute Gasteiger partial charge is 0.346 e. The summed E-state index contributed by atoms with van der Waals surface area (Å²) in [5.74, 6) is 0.411. The van der Waals surface area contributed by atoms with Crippen molar-refractivity contribution in [2.45, 2.75) is 52.7 Å². The standard InChI is InChI=1S/C28H32N2O3/c1-5-18-29-26-25(27(31)33-28(2,3)4)24(32-20-22-14-10-7-11-15-22)19-23(30-26)17-16-21-12-8-6-9-13-21/h5-15,18-19H,16-17,20H2,1-4H3,(H,29,30)/b18-5+. The molecule has 0 bridgehead atoms. The van der Waals surface area contributed by atoms with Gasteiger partial charge in [-0.1, -0.05) is 66.7 Å². The highest BCUT2D eigenvalue weighted by Gasteiger charge is 2.26. The van der Waals surface area contributed by atoms with E-state index >= 15 is 0 Å². The van der Waals surface area contributed by atoms with E-state index in [0.717, 1.165) is 17.7 Å². The molecule has 5 nitrogen and oxygen atoms in total. The van der Waals surface area contributed by atoms with Gasteiger partial charge < -0.3 is 14.8 Å². The van der Waals surface area contributed by atoms with Gasteiger partial charge in [-0.15, -0.1) is 0 Å². The fourth-order valence-electron chi connectivity index (χ4n) is 3.26. The predicted octanol–water partition coefficient (Wildman–Crippen LogP) is 6.35. The molecule has 0 spiro atoms. The molecule has 0 saturated carbocycles. The van der Waals surface area contributed by atoms with Crippen LogP contribution in [0.1, 0.15) is 54.9 Å². The van der Waals surface area contributed by atoms with Crippen LogP contribution in [0, 0.1) is 0 Å². The molecular formula is C28H32N2O3. The Balaban J connectivity index is 1.97. The van der Waals surface area contributed by atoms with Crippen molar-refractivity contribution in [2.24, 2.45) is 0 Å². The quantitative estimate of drug-likeness (QED) is 0.390. The van der Waals surface area contributed by atoms with Crippen molar-refractivity contribution in [1.29, 1.82) is 0 Å². The van der Waals surface area contributed by atoms with Crippen molar-refractivity contribution >= 4 is 11.8 Å². The van der Waals surface area contributed by atoms with Crippen LogP contribution in [0.4, 0.5) is 5.82 Å². The van der Waals surface area contributed by atoms with Gasteiger partial charge in [-0.25, -0.2) is 9.78 Å². The van der Waals surface area contributed by atoms with Crippen LogP contribution in [0.25, 0.3) is 0 Å². The number of aryl methyl sites for hydroxylation is 2. The Bertz CT molecular complexity index is 1070. The normalized spacial score (nSPS) is 11.4. The average molecular weight is 445 g/mol. The number of nitrogens with zero attached hydrogens (tertiary/aromatic N) is 1. The summed E-state index contributed by atoms with van der Waals surface area (Å²) in [5.41, 5.74) is 2.73. The first-order valence-corrected chi connectivity index (χ1v) is 11.2. The SMILES string of the molecule is C/C=C/Nc1nc(CCc2ccccc2)cc(OCc2ccccc2)c1C(=O)OC(C)(C)C. The minimum absolute atomic E-state index is 0.294. The molecule has 5 heteroatoms. The number of hydrogen-bond donors (Lipinski definition) is 1. The monoisotopic (exact) mass is 444 g/mol. The number of carbonyl (C=O) groups is 1. The van der Waals surface area contributed by atoms with Crippen LogP contribution >= 0.6 is 0 Å². The number of rotatable bonds is 9. The average Bonchev–Trinajstić information content (AvgIpc) is 2.80. The van der Waals surface area contributed by atoms with E-state index in [9.17, 15) is 4.79 Å². The first kappa shape index (κ1) is 24.1. The Hall–Kier alpha value is -3.60. The molecule has 0 aliphatic carbocycles. The summed E-state index contributed by atoms with van der Waals surface area (Å²) in [6.45, 7) is 7.76. The number of ether oxygens (including phenoxy) is 2. The zero-order valence-electron chi connectivity index (χ0n) is 19.8. The lowest BCUT2D eigenvalue weighted by molar-refractivity contribution is 0.00663. The molecule has 0 radical (unpaired) electrons. The predicted molar refractivity (Wildman–Crippen MR) is 132 cm³/mol. The molecule has 1 aromatic heterocycles. The molecule has 3 rings (SSSR count). The second-order valence-corrected chi connectivity index (χ2v) is 8.74. The Kier molecular flexibility index (Phi) is 8.25. The van der Waals surface area contributed by atoms with Gasteiger partial charge in [0, 0.05) is 11.8 Å². The highest BCUT2D eigenvalue weighted by atomic mass is 16.6. The number of pyridine rings is 1. The Morgan fingerprint density at radius 1 is 0.970 bits per heavy atom. The van der Waals surface area contributed by atoms with Crippen molar-refractivity contribution in [1.82, 2.24) is 4.98 Å². The number of aromatic nitrogens is 1. The molecular weight excluding hydrogens is 412 g/mol. The lowest BCUT2D eigenvalue weighted by atomic mass is 10.1. The maximum Gasteiger partial charge on any atom is 0.346 e. The number of allylic oxidation sites excluding steroid dienone is 1. The van der Waals surface area contributed by atoms with Crippen LogP contribution in [0.15, 0.2) is 79.0 Å². The topological polar surface area (TPSA) is 60.5 Å². The summed E-state index contributed by atoms with van der Waals surface area (Å²) in [6, 6.07) is 22.0. The maximum atomic E-state index is 13.2. The molecule has 2 aromatic carbocycles. The summed E-state index contributed by atoms with van der Waals surface area (Å²) in [6.07, 6.45) is 5.14. The van der Waals surface area contributed by atoms with Gasteiger partial charge in [0.05, 0.1) is 0 Å². The summed E-state index contributed by atoms with van der Waals surface area (Å²) in [4.78, 5) is 17.9. The van der Waals surface area contributed by atoms with Crippen LogP contribution in [0.2, 0.25) is 0 Å². The largest absolute Gasteiger partial charge is 0.488 e. The van der Waals surface area contributed by atoms with E-state index in [2.05, 4.69) is 17.4 Å². The molecule has 0 amide bonds. The molecule has 0 aliphatic rings. The highest BCUT2D eigenvalue weighted by Crippen LogP contribution is 2.30. The molecule has 0 fully saturated rings. The molecule has 0 aliphatic heterocycles. The van der Waals surface area contributed by atoms with E-state index in [0.29, 0.717) is 30.2 Å². The van der Waals surface area contributed by atoms with E-state index < -0.39 is 11.6 Å². The van der Waals surface area contributed by atoms with E-state index in [-0.39, 0.29) is 0 Å². The Morgan fingerprint density at radius 3 is 2.21 bits per heavy atom. The Labute approximate surface area is 196 Å². The highest BCUT2D eigenvalue weighted by molar-refractivity contribution is 5.98. The second kappa shape index (κ2) is 11.3. The van der Waals surface area contributed by atoms with Crippen molar-refractivity contribution < 1.29 is 14.3 Å². The van der Waals surface area contributed by atoms with E-state index in [1.165, 1.54) is 5.56 Å². The third-order valence-corrected chi connectivity index (χ3v) is 4.78.